The molecule has 1 N–H and O–H groups in total. The Balaban J connectivity index is 1.69. The molecule has 1 aliphatic carbocycles. The van der Waals surface area contributed by atoms with Crippen LogP contribution in [0, 0.1) is 11.8 Å². The van der Waals surface area contributed by atoms with Crippen LogP contribution in [0.4, 0.5) is 0 Å². The number of hydrogen-bond donors (Lipinski definition) is 1. The van der Waals surface area contributed by atoms with Crippen molar-refractivity contribution in [1.82, 2.24) is 5.32 Å². The minimum Gasteiger partial charge on any atom is -0.496 e. The number of carbonyl (C=O) groups excluding carboxylic acids is 2. The number of rotatable bonds is 8. The zero-order valence-corrected chi connectivity index (χ0v) is 21.5. The number of esters is 1. The Hall–Kier alpha value is -2.44. The van der Waals surface area contributed by atoms with Crippen LogP contribution < -0.4 is 14.8 Å². The van der Waals surface area contributed by atoms with Crippen LogP contribution in [0.1, 0.15) is 61.4 Å². The van der Waals surface area contributed by atoms with Crippen LogP contribution in [-0.2, 0) is 9.53 Å². The third kappa shape index (κ3) is 6.16. The van der Waals surface area contributed by atoms with Gasteiger partial charge in [-0.2, -0.15) is 0 Å². The van der Waals surface area contributed by atoms with Gasteiger partial charge in [-0.25, -0.2) is 0 Å². The first-order valence-electron chi connectivity index (χ1n) is 11.4. The summed E-state index contributed by atoms with van der Waals surface area (Å²) >= 11 is 12.9. The van der Waals surface area contributed by atoms with Crippen molar-refractivity contribution in [3.8, 4) is 17.2 Å². The fourth-order valence-electron chi connectivity index (χ4n) is 4.25. The molecule has 0 atom stereocenters. The van der Waals surface area contributed by atoms with Crippen molar-refractivity contribution < 1.29 is 23.8 Å². The Morgan fingerprint density at radius 3 is 2.38 bits per heavy atom. The fraction of sp³-hybridized carbons (Fsp3) is 0.462. The SMILES string of the molecule is COc1ccc(Oc2c(Cl)ccc(C(=O)NC[C@H]3CC[C@H](C(=O)OC)CC3)c2Cl)cc1C(C)C. The highest BCUT2D eigenvalue weighted by molar-refractivity contribution is 6.39. The molecule has 2 aromatic carbocycles. The van der Waals surface area contributed by atoms with Crippen LogP contribution in [0.5, 0.6) is 17.2 Å². The minimum atomic E-state index is -0.292. The zero-order valence-electron chi connectivity index (χ0n) is 20.0. The molecule has 6 nitrogen and oxygen atoms in total. The molecule has 184 valence electrons. The smallest absolute Gasteiger partial charge is 0.308 e. The van der Waals surface area contributed by atoms with Crippen LogP contribution >= 0.6 is 23.2 Å². The quantitative estimate of drug-likeness (QED) is 0.406. The first-order chi connectivity index (χ1) is 16.2. The fourth-order valence-corrected chi connectivity index (χ4v) is 4.78. The van der Waals surface area contributed by atoms with E-state index in [1.165, 1.54) is 7.11 Å². The molecule has 1 saturated carbocycles. The molecule has 2 aromatic rings. The third-order valence-electron chi connectivity index (χ3n) is 6.27. The van der Waals surface area contributed by atoms with Gasteiger partial charge in [0.05, 0.1) is 35.7 Å². The highest BCUT2D eigenvalue weighted by Gasteiger charge is 2.27. The number of carbonyl (C=O) groups is 2. The predicted molar refractivity (Wildman–Crippen MR) is 133 cm³/mol. The summed E-state index contributed by atoms with van der Waals surface area (Å²) in [6.45, 7) is 4.64. The van der Waals surface area contributed by atoms with Crippen LogP contribution in [-0.4, -0.2) is 32.6 Å². The molecule has 0 radical (unpaired) electrons. The van der Waals surface area contributed by atoms with Crippen molar-refractivity contribution in [2.75, 3.05) is 20.8 Å². The van der Waals surface area contributed by atoms with Gasteiger partial charge in [-0.15, -0.1) is 0 Å². The Bertz CT molecular complexity index is 1030. The lowest BCUT2D eigenvalue weighted by atomic mass is 9.82. The van der Waals surface area contributed by atoms with E-state index in [0.29, 0.717) is 28.8 Å². The summed E-state index contributed by atoms with van der Waals surface area (Å²) in [6, 6.07) is 8.68. The lowest BCUT2D eigenvalue weighted by molar-refractivity contribution is -0.146. The maximum atomic E-state index is 12.9. The van der Waals surface area contributed by atoms with E-state index < -0.39 is 0 Å². The molecule has 1 amide bonds. The van der Waals surface area contributed by atoms with Crippen molar-refractivity contribution in [2.45, 2.75) is 45.4 Å². The highest BCUT2D eigenvalue weighted by Crippen LogP contribution is 2.40. The van der Waals surface area contributed by atoms with Gasteiger partial charge < -0.3 is 19.5 Å². The zero-order chi connectivity index (χ0) is 24.8. The van der Waals surface area contributed by atoms with E-state index >= 15 is 0 Å². The molecule has 1 aliphatic rings. The number of hydrogen-bond acceptors (Lipinski definition) is 5. The molecular formula is C26H31Cl2NO5. The van der Waals surface area contributed by atoms with Crippen LogP contribution in [0.3, 0.4) is 0 Å². The summed E-state index contributed by atoms with van der Waals surface area (Å²) in [5.41, 5.74) is 1.28. The summed E-state index contributed by atoms with van der Waals surface area (Å²) in [5, 5.41) is 3.43. The Labute approximate surface area is 210 Å². The van der Waals surface area contributed by atoms with Crippen molar-refractivity contribution in [3.63, 3.8) is 0 Å². The van der Waals surface area contributed by atoms with E-state index in [-0.39, 0.29) is 34.5 Å². The van der Waals surface area contributed by atoms with Gasteiger partial charge in [0.1, 0.15) is 11.5 Å². The van der Waals surface area contributed by atoms with E-state index in [9.17, 15) is 9.59 Å². The van der Waals surface area contributed by atoms with Gasteiger partial charge in [0.25, 0.3) is 5.91 Å². The van der Waals surface area contributed by atoms with E-state index in [0.717, 1.165) is 37.0 Å². The van der Waals surface area contributed by atoms with E-state index in [4.69, 9.17) is 37.4 Å². The standard InChI is InChI=1S/C26H31Cl2NO5/c1-15(2)20-13-18(9-12-22(20)32-3)34-24-21(27)11-10-19(23(24)28)25(30)29-14-16-5-7-17(8-6-16)26(31)33-4/h9-13,15-17H,5-8,14H2,1-4H3,(H,29,30)/t16-,17-. The molecule has 0 heterocycles. The van der Waals surface area contributed by atoms with Gasteiger partial charge in [-0.3, -0.25) is 9.59 Å². The van der Waals surface area contributed by atoms with Gasteiger partial charge in [-0.05, 0) is 67.9 Å². The number of nitrogens with one attached hydrogen (secondary N) is 1. The second-order valence-corrected chi connectivity index (χ2v) is 9.63. The van der Waals surface area contributed by atoms with Gasteiger partial charge >= 0.3 is 5.97 Å². The molecule has 0 bridgehead atoms. The number of halogens is 2. The van der Waals surface area contributed by atoms with Crippen molar-refractivity contribution in [1.29, 1.82) is 0 Å². The number of ether oxygens (including phenoxy) is 3. The number of benzene rings is 2. The Kier molecular flexibility index (Phi) is 9.09. The van der Waals surface area contributed by atoms with Crippen molar-refractivity contribution >= 4 is 35.1 Å². The Morgan fingerprint density at radius 1 is 1.06 bits per heavy atom. The van der Waals surface area contributed by atoms with Crippen molar-refractivity contribution in [3.05, 3.63) is 51.5 Å². The minimum absolute atomic E-state index is 0.0449. The average molecular weight is 508 g/mol. The molecule has 8 heteroatoms. The molecular weight excluding hydrogens is 477 g/mol. The van der Waals surface area contributed by atoms with E-state index in [1.807, 2.05) is 12.1 Å². The molecule has 3 rings (SSSR count). The number of amides is 1. The number of methoxy groups -OCH3 is 2. The molecule has 1 fully saturated rings. The maximum absolute atomic E-state index is 12.9. The topological polar surface area (TPSA) is 73.9 Å². The first kappa shape index (κ1) is 26.2. The molecule has 0 spiro atoms. The van der Waals surface area contributed by atoms with Crippen LogP contribution in [0.15, 0.2) is 30.3 Å². The molecule has 0 saturated heterocycles. The summed E-state index contributed by atoms with van der Waals surface area (Å²) in [4.78, 5) is 24.6. The normalized spacial score (nSPS) is 17.9. The summed E-state index contributed by atoms with van der Waals surface area (Å²) < 4.78 is 16.3. The monoisotopic (exact) mass is 507 g/mol. The summed E-state index contributed by atoms with van der Waals surface area (Å²) in [6.07, 6.45) is 3.26. The van der Waals surface area contributed by atoms with Gasteiger partial charge in [-0.1, -0.05) is 37.0 Å². The van der Waals surface area contributed by atoms with E-state index in [1.54, 1.807) is 25.3 Å². The highest BCUT2D eigenvalue weighted by atomic mass is 35.5. The first-order valence-corrected chi connectivity index (χ1v) is 12.2. The van der Waals surface area contributed by atoms with Gasteiger partial charge in [0, 0.05) is 12.1 Å². The van der Waals surface area contributed by atoms with Crippen LogP contribution in [0.2, 0.25) is 10.0 Å². The van der Waals surface area contributed by atoms with E-state index in [2.05, 4.69) is 19.2 Å². The molecule has 0 unspecified atom stereocenters. The predicted octanol–water partition coefficient (Wildman–Crippen LogP) is 6.63. The maximum Gasteiger partial charge on any atom is 0.308 e. The lowest BCUT2D eigenvalue weighted by Crippen LogP contribution is -2.32. The third-order valence-corrected chi connectivity index (χ3v) is 6.94. The second-order valence-electron chi connectivity index (χ2n) is 8.85. The van der Waals surface area contributed by atoms with Crippen molar-refractivity contribution in [2.24, 2.45) is 11.8 Å². The van der Waals surface area contributed by atoms with Crippen LogP contribution in [0.25, 0.3) is 0 Å². The molecule has 34 heavy (non-hydrogen) atoms. The second kappa shape index (κ2) is 11.8. The average Bonchev–Trinajstić information content (AvgIpc) is 2.84. The summed E-state index contributed by atoms with van der Waals surface area (Å²) in [7, 11) is 3.04. The Morgan fingerprint density at radius 2 is 1.76 bits per heavy atom. The lowest BCUT2D eigenvalue weighted by Gasteiger charge is -2.27. The molecule has 0 aliphatic heterocycles. The molecule has 0 aromatic heterocycles. The largest absolute Gasteiger partial charge is 0.496 e. The summed E-state index contributed by atoms with van der Waals surface area (Å²) in [5.74, 6) is 1.59. The van der Waals surface area contributed by atoms with Gasteiger partial charge in [0.2, 0.25) is 0 Å². The van der Waals surface area contributed by atoms with Gasteiger partial charge in [0.15, 0.2) is 5.75 Å².